The van der Waals surface area contributed by atoms with Crippen LogP contribution in [-0.4, -0.2) is 19.0 Å². The van der Waals surface area contributed by atoms with E-state index in [0.29, 0.717) is 19.0 Å². The second-order valence-corrected chi connectivity index (χ2v) is 5.06. The number of nitrogens with zero attached hydrogens (tertiary/aromatic N) is 1. The molecule has 1 fully saturated rings. The van der Waals surface area contributed by atoms with Crippen LogP contribution in [0.1, 0.15) is 38.2 Å². The van der Waals surface area contributed by atoms with Crippen molar-refractivity contribution < 1.29 is 8.78 Å². The molecule has 0 bridgehead atoms. The molecule has 1 aromatic carbocycles. The Hall–Kier alpha value is -1.12. The third-order valence-corrected chi connectivity index (χ3v) is 3.39. The van der Waals surface area contributed by atoms with Gasteiger partial charge in [-0.15, -0.1) is 0 Å². The molecule has 94 valence electrons. The van der Waals surface area contributed by atoms with E-state index < -0.39 is 5.92 Å². The van der Waals surface area contributed by atoms with Gasteiger partial charge in [0.2, 0.25) is 0 Å². The smallest absolute Gasteiger partial charge is 0.251 e. The predicted molar refractivity (Wildman–Crippen MR) is 66.9 cm³/mol. The van der Waals surface area contributed by atoms with Crippen molar-refractivity contribution in [2.75, 3.05) is 18.0 Å². The number of anilines is 1. The minimum Gasteiger partial charge on any atom is -0.371 e. The number of alkyl halides is 2. The Kier molecular flexibility index (Phi) is 3.36. The van der Waals surface area contributed by atoms with Gasteiger partial charge in [-0.1, -0.05) is 32.0 Å². The van der Waals surface area contributed by atoms with Crippen molar-refractivity contribution in [3.8, 4) is 0 Å². The van der Waals surface area contributed by atoms with Crippen LogP contribution >= 0.6 is 0 Å². The maximum atomic E-state index is 13.1. The normalized spacial score (nSPS) is 19.7. The quantitative estimate of drug-likeness (QED) is 0.752. The average Bonchev–Trinajstić information content (AvgIpc) is 2.29. The molecule has 0 spiro atoms. The van der Waals surface area contributed by atoms with Gasteiger partial charge in [-0.3, -0.25) is 0 Å². The van der Waals surface area contributed by atoms with Gasteiger partial charge in [0, 0.05) is 31.6 Å². The van der Waals surface area contributed by atoms with E-state index in [1.165, 1.54) is 5.56 Å². The first-order valence-electron chi connectivity index (χ1n) is 6.21. The van der Waals surface area contributed by atoms with E-state index in [1.54, 1.807) is 0 Å². The Morgan fingerprint density at radius 1 is 1.12 bits per heavy atom. The van der Waals surface area contributed by atoms with E-state index in [4.69, 9.17) is 0 Å². The molecule has 1 aliphatic rings. The minimum atomic E-state index is -2.47. The van der Waals surface area contributed by atoms with E-state index in [9.17, 15) is 8.78 Å². The molecule has 0 aliphatic carbocycles. The lowest BCUT2D eigenvalue weighted by atomic mass is 9.98. The molecule has 1 aromatic rings. The third-order valence-electron chi connectivity index (χ3n) is 3.39. The Morgan fingerprint density at radius 2 is 1.71 bits per heavy atom. The molecule has 17 heavy (non-hydrogen) atoms. The summed E-state index contributed by atoms with van der Waals surface area (Å²) in [5, 5.41) is 0. The van der Waals surface area contributed by atoms with Crippen LogP contribution in [0.5, 0.6) is 0 Å². The highest BCUT2D eigenvalue weighted by molar-refractivity contribution is 5.55. The van der Waals surface area contributed by atoms with Crippen molar-refractivity contribution in [3.05, 3.63) is 29.8 Å². The molecule has 1 aliphatic heterocycles. The van der Waals surface area contributed by atoms with Crippen molar-refractivity contribution in [2.45, 2.75) is 38.5 Å². The van der Waals surface area contributed by atoms with Crippen LogP contribution in [0.25, 0.3) is 0 Å². The SMILES string of the molecule is CC(C)c1ccccc1N1CCC(F)(F)CC1. The molecule has 2 rings (SSSR count). The Balaban J connectivity index is 2.18. The zero-order valence-electron chi connectivity index (χ0n) is 10.4. The maximum absolute atomic E-state index is 13.1. The van der Waals surface area contributed by atoms with Crippen LogP contribution in [0.15, 0.2) is 24.3 Å². The van der Waals surface area contributed by atoms with E-state index in [-0.39, 0.29) is 12.8 Å². The standard InChI is InChI=1S/C14H19F2N/c1-11(2)12-5-3-4-6-13(12)17-9-7-14(15,16)8-10-17/h3-6,11H,7-10H2,1-2H3. The first-order valence-corrected chi connectivity index (χ1v) is 6.21. The molecule has 0 amide bonds. The molecule has 0 aromatic heterocycles. The van der Waals surface area contributed by atoms with Crippen LogP contribution in [-0.2, 0) is 0 Å². The molecule has 0 N–H and O–H groups in total. The molecular weight excluding hydrogens is 220 g/mol. The van der Waals surface area contributed by atoms with E-state index in [1.807, 2.05) is 18.2 Å². The summed E-state index contributed by atoms with van der Waals surface area (Å²) in [4.78, 5) is 2.09. The molecule has 1 nitrogen and oxygen atoms in total. The van der Waals surface area contributed by atoms with Crippen LogP contribution in [0, 0.1) is 0 Å². The number of rotatable bonds is 2. The second kappa shape index (κ2) is 4.63. The second-order valence-electron chi connectivity index (χ2n) is 5.06. The summed E-state index contributed by atoms with van der Waals surface area (Å²) >= 11 is 0. The number of benzene rings is 1. The highest BCUT2D eigenvalue weighted by Crippen LogP contribution is 2.33. The number of para-hydroxylation sites is 1. The highest BCUT2D eigenvalue weighted by atomic mass is 19.3. The lowest BCUT2D eigenvalue weighted by Gasteiger charge is -2.35. The third kappa shape index (κ3) is 2.76. The van der Waals surface area contributed by atoms with Crippen molar-refractivity contribution in [1.29, 1.82) is 0 Å². The zero-order chi connectivity index (χ0) is 12.5. The molecular formula is C14H19F2N. The van der Waals surface area contributed by atoms with Crippen molar-refractivity contribution in [1.82, 2.24) is 0 Å². The molecule has 0 unspecified atom stereocenters. The van der Waals surface area contributed by atoms with Gasteiger partial charge in [0.1, 0.15) is 0 Å². The average molecular weight is 239 g/mol. The molecule has 0 atom stereocenters. The topological polar surface area (TPSA) is 3.24 Å². The molecule has 0 radical (unpaired) electrons. The highest BCUT2D eigenvalue weighted by Gasteiger charge is 2.34. The fourth-order valence-corrected chi connectivity index (χ4v) is 2.34. The zero-order valence-corrected chi connectivity index (χ0v) is 10.4. The summed E-state index contributed by atoms with van der Waals surface area (Å²) in [6.07, 6.45) is -0.0567. The summed E-state index contributed by atoms with van der Waals surface area (Å²) in [5.41, 5.74) is 2.37. The van der Waals surface area contributed by atoms with Crippen molar-refractivity contribution >= 4 is 5.69 Å². The first-order chi connectivity index (χ1) is 7.99. The molecule has 3 heteroatoms. The predicted octanol–water partition coefficient (Wildman–Crippen LogP) is 4.05. The maximum Gasteiger partial charge on any atom is 0.251 e. The lowest BCUT2D eigenvalue weighted by molar-refractivity contribution is -0.0220. The van der Waals surface area contributed by atoms with Crippen LogP contribution in [0.3, 0.4) is 0 Å². The number of piperidine rings is 1. The molecule has 0 saturated carbocycles. The summed E-state index contributed by atoms with van der Waals surface area (Å²) in [7, 11) is 0. The summed E-state index contributed by atoms with van der Waals surface area (Å²) in [6.45, 7) is 5.18. The largest absolute Gasteiger partial charge is 0.371 e. The Labute approximate surface area is 101 Å². The van der Waals surface area contributed by atoms with Gasteiger partial charge in [-0.25, -0.2) is 8.78 Å². The van der Waals surface area contributed by atoms with Gasteiger partial charge in [0.05, 0.1) is 0 Å². The van der Waals surface area contributed by atoms with Crippen LogP contribution in [0.4, 0.5) is 14.5 Å². The van der Waals surface area contributed by atoms with Gasteiger partial charge in [-0.05, 0) is 17.5 Å². The fraction of sp³-hybridized carbons (Fsp3) is 0.571. The number of hydrogen-bond acceptors (Lipinski definition) is 1. The number of hydrogen-bond donors (Lipinski definition) is 0. The van der Waals surface area contributed by atoms with E-state index >= 15 is 0 Å². The van der Waals surface area contributed by atoms with Gasteiger partial charge >= 0.3 is 0 Å². The number of halogens is 2. The minimum absolute atomic E-state index is 0.0283. The van der Waals surface area contributed by atoms with Crippen LogP contribution in [0.2, 0.25) is 0 Å². The van der Waals surface area contributed by atoms with Crippen molar-refractivity contribution in [2.24, 2.45) is 0 Å². The summed E-state index contributed by atoms with van der Waals surface area (Å²) in [5.74, 6) is -2.04. The van der Waals surface area contributed by atoms with Gasteiger partial charge in [-0.2, -0.15) is 0 Å². The van der Waals surface area contributed by atoms with Gasteiger partial charge in [0.15, 0.2) is 0 Å². The van der Waals surface area contributed by atoms with E-state index in [0.717, 1.165) is 5.69 Å². The monoisotopic (exact) mass is 239 g/mol. The Morgan fingerprint density at radius 3 is 2.29 bits per heavy atom. The first kappa shape index (κ1) is 12.3. The Bertz CT molecular complexity index is 378. The molecule has 1 saturated heterocycles. The summed E-state index contributed by atoms with van der Waals surface area (Å²) < 4.78 is 26.3. The van der Waals surface area contributed by atoms with Gasteiger partial charge in [0.25, 0.3) is 5.92 Å². The fourth-order valence-electron chi connectivity index (χ4n) is 2.34. The lowest BCUT2D eigenvalue weighted by Crippen LogP contribution is -2.39. The molecule has 1 heterocycles. The van der Waals surface area contributed by atoms with E-state index in [2.05, 4.69) is 24.8 Å². The summed E-state index contributed by atoms with van der Waals surface area (Å²) in [6, 6.07) is 8.12. The van der Waals surface area contributed by atoms with Crippen molar-refractivity contribution in [3.63, 3.8) is 0 Å². The van der Waals surface area contributed by atoms with Gasteiger partial charge < -0.3 is 4.90 Å². The van der Waals surface area contributed by atoms with Crippen LogP contribution < -0.4 is 4.90 Å².